The van der Waals surface area contributed by atoms with Crippen LogP contribution in [-0.2, 0) is 6.54 Å². The Kier molecular flexibility index (Phi) is 5.93. The van der Waals surface area contributed by atoms with Crippen molar-refractivity contribution in [1.29, 1.82) is 0 Å². The summed E-state index contributed by atoms with van der Waals surface area (Å²) in [5.74, 6) is 0. The van der Waals surface area contributed by atoms with Crippen molar-refractivity contribution in [2.75, 3.05) is 6.54 Å². The largest absolute Gasteiger partial charge is 0.389 e. The Balaban J connectivity index is 2.46. The molecule has 0 aromatic heterocycles. The highest BCUT2D eigenvalue weighted by atomic mass is 79.9. The van der Waals surface area contributed by atoms with E-state index in [1.807, 2.05) is 25.1 Å². The van der Waals surface area contributed by atoms with Gasteiger partial charge in [0.25, 0.3) is 0 Å². The number of nitrogens with one attached hydrogen (secondary N) is 1. The molecule has 0 amide bonds. The predicted molar refractivity (Wildman–Crippen MR) is 76.4 cm³/mol. The standard InChI is InChI=1S/C13H19BrClNO/c1-3-6-13(2,17)9-16-8-10-4-5-11(14)7-12(10)15/h4-5,7,16-17H,3,6,8-9H2,1-2H3. The van der Waals surface area contributed by atoms with Crippen LogP contribution >= 0.6 is 27.5 Å². The third-order valence-electron chi connectivity index (χ3n) is 2.62. The van der Waals surface area contributed by atoms with Gasteiger partial charge in [0.1, 0.15) is 0 Å². The van der Waals surface area contributed by atoms with Gasteiger partial charge in [-0.3, -0.25) is 0 Å². The first-order valence-electron chi connectivity index (χ1n) is 5.81. The number of rotatable bonds is 6. The second-order valence-electron chi connectivity index (χ2n) is 4.59. The lowest BCUT2D eigenvalue weighted by Crippen LogP contribution is -2.37. The summed E-state index contributed by atoms with van der Waals surface area (Å²) >= 11 is 9.48. The van der Waals surface area contributed by atoms with E-state index in [0.29, 0.717) is 13.1 Å². The van der Waals surface area contributed by atoms with E-state index in [0.717, 1.165) is 27.9 Å². The zero-order valence-corrected chi connectivity index (χ0v) is 12.6. The fraction of sp³-hybridized carbons (Fsp3) is 0.538. The van der Waals surface area contributed by atoms with E-state index in [-0.39, 0.29) is 0 Å². The van der Waals surface area contributed by atoms with Crippen LogP contribution in [-0.4, -0.2) is 17.3 Å². The molecule has 0 aliphatic rings. The average molecular weight is 321 g/mol. The summed E-state index contributed by atoms with van der Waals surface area (Å²) in [4.78, 5) is 0. The Hall–Kier alpha value is -0.0900. The maximum absolute atomic E-state index is 10.0. The lowest BCUT2D eigenvalue weighted by molar-refractivity contribution is 0.0498. The van der Waals surface area contributed by atoms with Gasteiger partial charge in [-0.2, -0.15) is 0 Å². The van der Waals surface area contributed by atoms with E-state index in [2.05, 4.69) is 28.2 Å². The Morgan fingerprint density at radius 3 is 2.76 bits per heavy atom. The lowest BCUT2D eigenvalue weighted by Gasteiger charge is -2.23. The third kappa shape index (κ3) is 5.38. The van der Waals surface area contributed by atoms with E-state index >= 15 is 0 Å². The highest BCUT2D eigenvalue weighted by Gasteiger charge is 2.18. The normalized spacial score (nSPS) is 14.6. The summed E-state index contributed by atoms with van der Waals surface area (Å²) in [6, 6.07) is 5.82. The van der Waals surface area contributed by atoms with Gasteiger partial charge in [0.2, 0.25) is 0 Å². The highest BCUT2D eigenvalue weighted by Crippen LogP contribution is 2.21. The molecule has 0 radical (unpaired) electrons. The van der Waals surface area contributed by atoms with Gasteiger partial charge in [-0.15, -0.1) is 0 Å². The number of hydrogen-bond donors (Lipinski definition) is 2. The van der Waals surface area contributed by atoms with Gasteiger partial charge in [-0.25, -0.2) is 0 Å². The Bertz CT molecular complexity index is 368. The minimum absolute atomic E-state index is 0.577. The van der Waals surface area contributed by atoms with Gasteiger partial charge >= 0.3 is 0 Å². The van der Waals surface area contributed by atoms with Crippen LogP contribution < -0.4 is 5.32 Å². The minimum Gasteiger partial charge on any atom is -0.389 e. The monoisotopic (exact) mass is 319 g/mol. The van der Waals surface area contributed by atoms with Gasteiger partial charge in [-0.1, -0.05) is 46.9 Å². The smallest absolute Gasteiger partial charge is 0.0743 e. The molecule has 1 aromatic rings. The quantitative estimate of drug-likeness (QED) is 0.837. The SMILES string of the molecule is CCCC(C)(O)CNCc1ccc(Br)cc1Cl. The molecule has 1 atom stereocenters. The molecule has 2 nitrogen and oxygen atoms in total. The first-order chi connectivity index (χ1) is 7.94. The van der Waals surface area contributed by atoms with Gasteiger partial charge in [0.15, 0.2) is 0 Å². The van der Waals surface area contributed by atoms with Crippen LogP contribution in [0.25, 0.3) is 0 Å². The molecule has 0 saturated heterocycles. The van der Waals surface area contributed by atoms with Crippen LogP contribution in [0.15, 0.2) is 22.7 Å². The zero-order valence-electron chi connectivity index (χ0n) is 10.3. The highest BCUT2D eigenvalue weighted by molar-refractivity contribution is 9.10. The molecular weight excluding hydrogens is 302 g/mol. The maximum atomic E-state index is 10.0. The van der Waals surface area contributed by atoms with Crippen LogP contribution in [0.5, 0.6) is 0 Å². The molecule has 0 saturated carbocycles. The van der Waals surface area contributed by atoms with Crippen molar-refractivity contribution in [2.24, 2.45) is 0 Å². The van der Waals surface area contributed by atoms with Crippen LogP contribution in [0.4, 0.5) is 0 Å². The summed E-state index contributed by atoms with van der Waals surface area (Å²) in [5, 5.41) is 14.0. The summed E-state index contributed by atoms with van der Waals surface area (Å²) < 4.78 is 0.976. The fourth-order valence-electron chi connectivity index (χ4n) is 1.76. The second-order valence-corrected chi connectivity index (χ2v) is 5.91. The van der Waals surface area contributed by atoms with E-state index < -0.39 is 5.60 Å². The van der Waals surface area contributed by atoms with Crippen molar-refractivity contribution < 1.29 is 5.11 Å². The molecule has 0 bridgehead atoms. The van der Waals surface area contributed by atoms with Crippen molar-refractivity contribution in [3.8, 4) is 0 Å². The lowest BCUT2D eigenvalue weighted by atomic mass is 10.0. The van der Waals surface area contributed by atoms with Crippen molar-refractivity contribution in [3.05, 3.63) is 33.3 Å². The number of aliphatic hydroxyl groups is 1. The van der Waals surface area contributed by atoms with Gasteiger partial charge < -0.3 is 10.4 Å². The molecule has 0 aliphatic heterocycles. The molecule has 4 heteroatoms. The third-order valence-corrected chi connectivity index (χ3v) is 3.47. The zero-order chi connectivity index (χ0) is 12.9. The molecule has 17 heavy (non-hydrogen) atoms. The van der Waals surface area contributed by atoms with Gasteiger partial charge in [-0.05, 0) is 31.0 Å². The molecule has 1 unspecified atom stereocenters. The van der Waals surface area contributed by atoms with Gasteiger partial charge in [0.05, 0.1) is 5.60 Å². The molecule has 1 aromatic carbocycles. The maximum Gasteiger partial charge on any atom is 0.0743 e. The van der Waals surface area contributed by atoms with Crippen molar-refractivity contribution in [3.63, 3.8) is 0 Å². The molecule has 0 fully saturated rings. The molecular formula is C13H19BrClNO. The summed E-state index contributed by atoms with van der Waals surface area (Å²) in [7, 11) is 0. The van der Waals surface area contributed by atoms with Gasteiger partial charge in [0, 0.05) is 22.6 Å². The van der Waals surface area contributed by atoms with Crippen LogP contribution in [0.3, 0.4) is 0 Å². The van der Waals surface area contributed by atoms with Crippen molar-refractivity contribution >= 4 is 27.5 Å². The number of hydrogen-bond acceptors (Lipinski definition) is 2. The Labute approximate surface area is 117 Å². The van der Waals surface area contributed by atoms with Crippen molar-refractivity contribution in [2.45, 2.75) is 38.8 Å². The fourth-order valence-corrected chi connectivity index (χ4v) is 2.50. The Morgan fingerprint density at radius 2 is 2.18 bits per heavy atom. The van der Waals surface area contributed by atoms with E-state index in [1.54, 1.807) is 0 Å². The van der Waals surface area contributed by atoms with E-state index in [1.165, 1.54) is 0 Å². The molecule has 0 aliphatic carbocycles. The second kappa shape index (κ2) is 6.74. The molecule has 96 valence electrons. The molecule has 0 spiro atoms. The van der Waals surface area contributed by atoms with Crippen molar-refractivity contribution in [1.82, 2.24) is 5.32 Å². The van der Waals surface area contributed by atoms with Crippen LogP contribution in [0.2, 0.25) is 5.02 Å². The first kappa shape index (κ1) is 15.0. The van der Waals surface area contributed by atoms with Crippen LogP contribution in [0.1, 0.15) is 32.3 Å². The molecule has 1 rings (SSSR count). The summed E-state index contributed by atoms with van der Waals surface area (Å²) in [6.07, 6.45) is 1.78. The number of benzene rings is 1. The summed E-state index contributed by atoms with van der Waals surface area (Å²) in [6.45, 7) is 5.17. The topological polar surface area (TPSA) is 32.3 Å². The minimum atomic E-state index is -0.642. The van der Waals surface area contributed by atoms with Crippen LogP contribution in [0, 0.1) is 0 Å². The Morgan fingerprint density at radius 1 is 1.47 bits per heavy atom. The van der Waals surface area contributed by atoms with E-state index in [4.69, 9.17) is 11.6 Å². The van der Waals surface area contributed by atoms with E-state index in [9.17, 15) is 5.11 Å². The first-order valence-corrected chi connectivity index (χ1v) is 6.99. The summed E-state index contributed by atoms with van der Waals surface area (Å²) in [5.41, 5.74) is 0.401. The molecule has 0 heterocycles. The number of halogens is 2. The average Bonchev–Trinajstić information content (AvgIpc) is 2.21. The molecule has 2 N–H and O–H groups in total. The predicted octanol–water partition coefficient (Wildman–Crippen LogP) is 3.74.